The summed E-state index contributed by atoms with van der Waals surface area (Å²) in [6.07, 6.45) is 2.81. The van der Waals surface area contributed by atoms with Crippen LogP contribution in [0.4, 0.5) is 0 Å². The second-order valence-electron chi connectivity index (χ2n) is 6.22. The molecule has 7 heteroatoms. The van der Waals surface area contributed by atoms with Crippen molar-refractivity contribution in [3.05, 3.63) is 87.2 Å². The third-order valence-electron chi connectivity index (χ3n) is 4.28. The second kappa shape index (κ2) is 8.42. The summed E-state index contributed by atoms with van der Waals surface area (Å²) >= 11 is 3.22. The molecule has 0 saturated heterocycles. The van der Waals surface area contributed by atoms with E-state index in [1.807, 2.05) is 0 Å². The molecule has 0 saturated carbocycles. The van der Waals surface area contributed by atoms with E-state index < -0.39 is 11.4 Å². The Kier molecular flexibility index (Phi) is 5.54. The summed E-state index contributed by atoms with van der Waals surface area (Å²) in [5.41, 5.74) is 0.664. The first kappa shape index (κ1) is 19.7. The summed E-state index contributed by atoms with van der Waals surface area (Å²) in [4.78, 5) is 25.4. The molecule has 2 aromatic carbocycles. The van der Waals surface area contributed by atoms with Crippen LogP contribution in [-0.2, 0) is 4.79 Å². The van der Waals surface area contributed by atoms with E-state index in [4.69, 9.17) is 18.3 Å². The molecule has 0 spiro atoms. The van der Waals surface area contributed by atoms with Gasteiger partial charge in [0.15, 0.2) is 10.4 Å². The maximum atomic E-state index is 13.0. The Balaban J connectivity index is 1.70. The summed E-state index contributed by atoms with van der Waals surface area (Å²) in [6.45, 7) is 0. The average molecular weight is 467 g/mol. The molecule has 0 bridgehead atoms. The number of furan rings is 1. The van der Waals surface area contributed by atoms with Crippen LogP contribution in [0.2, 0.25) is 0 Å². The highest BCUT2D eigenvalue weighted by molar-refractivity contribution is 9.10. The lowest BCUT2D eigenvalue weighted by atomic mass is 10.2. The van der Waals surface area contributed by atoms with E-state index in [0.717, 1.165) is 5.56 Å². The zero-order valence-corrected chi connectivity index (χ0v) is 17.3. The maximum Gasteiger partial charge on any atom is 0.336 e. The van der Waals surface area contributed by atoms with Gasteiger partial charge in [0.05, 0.1) is 12.5 Å². The third-order valence-corrected chi connectivity index (χ3v) is 4.71. The summed E-state index contributed by atoms with van der Waals surface area (Å²) in [6, 6.07) is 17.1. The zero-order chi connectivity index (χ0) is 21.1. The van der Waals surface area contributed by atoms with Crippen LogP contribution in [0.5, 0.6) is 11.5 Å². The molecule has 0 atom stereocenters. The van der Waals surface area contributed by atoms with Crippen LogP contribution in [0.15, 0.2) is 85.0 Å². The number of carbonyl (C=O) groups is 1. The number of fused-ring (bicyclic) bond motifs is 1. The van der Waals surface area contributed by atoms with Crippen molar-refractivity contribution < 1.29 is 23.1 Å². The number of methoxy groups -OCH3 is 1. The lowest BCUT2D eigenvalue weighted by Gasteiger charge is -2.07. The number of halogens is 1. The number of ether oxygens (including phenoxy) is 2. The molecule has 2 heterocycles. The van der Waals surface area contributed by atoms with Gasteiger partial charge >= 0.3 is 5.97 Å². The van der Waals surface area contributed by atoms with Crippen molar-refractivity contribution in [1.82, 2.24) is 0 Å². The van der Waals surface area contributed by atoms with Crippen LogP contribution in [0.1, 0.15) is 5.56 Å². The lowest BCUT2D eigenvalue weighted by Crippen LogP contribution is -2.14. The topological polar surface area (TPSA) is 78.9 Å². The number of hydrogen-bond acceptors (Lipinski definition) is 6. The molecule has 0 radical (unpaired) electrons. The van der Waals surface area contributed by atoms with E-state index >= 15 is 0 Å². The molecular weight excluding hydrogens is 452 g/mol. The fourth-order valence-corrected chi connectivity index (χ4v) is 3.14. The molecule has 30 heavy (non-hydrogen) atoms. The van der Waals surface area contributed by atoms with Gasteiger partial charge in [-0.15, -0.1) is 0 Å². The van der Waals surface area contributed by atoms with Crippen molar-refractivity contribution in [3.63, 3.8) is 0 Å². The van der Waals surface area contributed by atoms with Crippen LogP contribution in [0, 0.1) is 0 Å². The van der Waals surface area contributed by atoms with Gasteiger partial charge in [0.25, 0.3) is 0 Å². The molecule has 0 amide bonds. The zero-order valence-electron chi connectivity index (χ0n) is 15.8. The molecule has 150 valence electrons. The largest absolute Gasteiger partial charge is 0.497 e. The smallest absolute Gasteiger partial charge is 0.336 e. The molecule has 6 nitrogen and oxygen atoms in total. The van der Waals surface area contributed by atoms with E-state index in [2.05, 4.69) is 15.9 Å². The van der Waals surface area contributed by atoms with Gasteiger partial charge in [0, 0.05) is 6.08 Å². The van der Waals surface area contributed by atoms with Gasteiger partial charge in [-0.05, 0) is 64.0 Å². The summed E-state index contributed by atoms with van der Waals surface area (Å²) in [5, 5.41) is 0.300. The van der Waals surface area contributed by atoms with Gasteiger partial charge in [-0.1, -0.05) is 24.3 Å². The van der Waals surface area contributed by atoms with Crippen molar-refractivity contribution in [2.75, 3.05) is 7.11 Å². The first-order valence-electron chi connectivity index (χ1n) is 8.90. The van der Waals surface area contributed by atoms with Gasteiger partial charge in [-0.3, -0.25) is 4.79 Å². The van der Waals surface area contributed by atoms with E-state index in [0.29, 0.717) is 21.4 Å². The normalized spacial score (nSPS) is 11.1. The Morgan fingerprint density at radius 3 is 2.47 bits per heavy atom. The number of hydrogen-bond donors (Lipinski definition) is 0. The van der Waals surface area contributed by atoms with Crippen LogP contribution in [0.25, 0.3) is 28.6 Å². The second-order valence-corrected chi connectivity index (χ2v) is 7.00. The summed E-state index contributed by atoms with van der Waals surface area (Å²) in [5.74, 6) is 0.0419. The van der Waals surface area contributed by atoms with Gasteiger partial charge < -0.3 is 18.3 Å². The van der Waals surface area contributed by atoms with Crippen molar-refractivity contribution in [2.24, 2.45) is 0 Å². The van der Waals surface area contributed by atoms with Crippen molar-refractivity contribution >= 4 is 38.9 Å². The van der Waals surface area contributed by atoms with E-state index in [1.165, 1.54) is 6.08 Å². The fourth-order valence-electron chi connectivity index (χ4n) is 2.83. The predicted octanol–water partition coefficient (Wildman–Crippen LogP) is 5.44. The average Bonchev–Trinajstić information content (AvgIpc) is 3.20. The molecule has 0 aliphatic rings. The van der Waals surface area contributed by atoms with Gasteiger partial charge in [0.1, 0.15) is 11.3 Å². The van der Waals surface area contributed by atoms with Crippen LogP contribution < -0.4 is 14.9 Å². The fraction of sp³-hybridized carbons (Fsp3) is 0.0435. The summed E-state index contributed by atoms with van der Waals surface area (Å²) < 4.78 is 22.3. The van der Waals surface area contributed by atoms with Gasteiger partial charge in [-0.25, -0.2) is 4.79 Å². The Labute approximate surface area is 179 Å². The first-order chi connectivity index (χ1) is 14.5. The van der Waals surface area contributed by atoms with Gasteiger partial charge in [0.2, 0.25) is 16.9 Å². The highest BCUT2D eigenvalue weighted by Crippen LogP contribution is 2.33. The van der Waals surface area contributed by atoms with E-state index in [1.54, 1.807) is 73.8 Å². The Hall–Kier alpha value is -3.58. The first-order valence-corrected chi connectivity index (χ1v) is 9.70. The van der Waals surface area contributed by atoms with E-state index in [-0.39, 0.29) is 17.3 Å². The molecule has 0 aliphatic heterocycles. The Morgan fingerprint density at radius 1 is 1.00 bits per heavy atom. The van der Waals surface area contributed by atoms with Crippen LogP contribution >= 0.6 is 15.9 Å². The highest BCUT2D eigenvalue weighted by Gasteiger charge is 2.22. The number of rotatable bonds is 5. The minimum atomic E-state index is -0.722. The molecule has 4 aromatic rings. The van der Waals surface area contributed by atoms with Crippen molar-refractivity contribution in [1.29, 1.82) is 0 Å². The number of esters is 1. The molecule has 0 fully saturated rings. The molecule has 0 unspecified atom stereocenters. The van der Waals surface area contributed by atoms with Crippen LogP contribution in [-0.4, -0.2) is 13.1 Å². The molecule has 0 aliphatic carbocycles. The van der Waals surface area contributed by atoms with Crippen molar-refractivity contribution in [2.45, 2.75) is 0 Å². The minimum Gasteiger partial charge on any atom is -0.497 e. The molecule has 0 N–H and O–H groups in total. The van der Waals surface area contributed by atoms with Crippen molar-refractivity contribution in [3.8, 4) is 23.0 Å². The predicted molar refractivity (Wildman–Crippen MR) is 116 cm³/mol. The standard InChI is InChI=1S/C23H15BrO6/c1-27-15-9-6-14(7-10-15)8-13-20(25)30-23-21(26)16-4-2-3-5-17(16)29-22(23)18-11-12-19(24)28-18/h2-13H,1H3. The molecule has 4 rings (SSSR count). The number of benzene rings is 2. The molecule has 2 aromatic heterocycles. The Morgan fingerprint density at radius 2 is 1.77 bits per heavy atom. The van der Waals surface area contributed by atoms with E-state index in [9.17, 15) is 9.59 Å². The van der Waals surface area contributed by atoms with Gasteiger partial charge in [-0.2, -0.15) is 0 Å². The van der Waals surface area contributed by atoms with Crippen LogP contribution in [0.3, 0.4) is 0 Å². The molecular formula is C23H15BrO6. The SMILES string of the molecule is COc1ccc(C=CC(=O)Oc2c(-c3ccc(Br)o3)oc3ccccc3c2=O)cc1. The monoisotopic (exact) mass is 466 g/mol. The highest BCUT2D eigenvalue weighted by atomic mass is 79.9. The maximum absolute atomic E-state index is 13.0. The number of para-hydroxylation sites is 1. The number of carbonyl (C=O) groups excluding carboxylic acids is 1. The minimum absolute atomic E-state index is 0.0376. The Bertz CT molecular complexity index is 1300. The summed E-state index contributed by atoms with van der Waals surface area (Å²) in [7, 11) is 1.58. The lowest BCUT2D eigenvalue weighted by molar-refractivity contribution is -0.129. The third kappa shape index (κ3) is 4.06. The quantitative estimate of drug-likeness (QED) is 0.287.